The lowest BCUT2D eigenvalue weighted by molar-refractivity contribution is -0.0733. The van der Waals surface area contributed by atoms with Crippen LogP contribution in [0, 0.1) is 41.4 Å². The third kappa shape index (κ3) is 2.56. The number of aliphatic hydroxyl groups is 2. The van der Waals surface area contributed by atoms with Gasteiger partial charge < -0.3 is 10.2 Å². The van der Waals surface area contributed by atoms with Crippen molar-refractivity contribution in [1.29, 1.82) is 0 Å². The average Bonchev–Trinajstić information content (AvgIpc) is 3.11. The van der Waals surface area contributed by atoms with Gasteiger partial charge in [0, 0.05) is 18.1 Å². The van der Waals surface area contributed by atoms with Gasteiger partial charge in [0.25, 0.3) is 0 Å². The summed E-state index contributed by atoms with van der Waals surface area (Å²) in [6, 6.07) is 0. The van der Waals surface area contributed by atoms with Crippen molar-refractivity contribution in [2.75, 3.05) is 13.2 Å². The maximum atomic E-state index is 10.4. The van der Waals surface area contributed by atoms with E-state index < -0.39 is 0 Å². The molecular formula is C22H33NO2S. The summed E-state index contributed by atoms with van der Waals surface area (Å²) < 4.78 is 0. The Kier molecular flexibility index (Phi) is 4.61. The molecule has 2 saturated carbocycles. The van der Waals surface area contributed by atoms with E-state index in [4.69, 9.17) is 4.98 Å². The fourth-order valence-corrected chi connectivity index (χ4v) is 7.88. The topological polar surface area (TPSA) is 53.4 Å². The lowest BCUT2D eigenvalue weighted by Gasteiger charge is -2.55. The monoisotopic (exact) mass is 375 g/mol. The number of fused-ring (bicyclic) bond motifs is 2. The molecule has 3 aliphatic carbocycles. The molecule has 0 aromatic carbocycles. The van der Waals surface area contributed by atoms with Crippen LogP contribution in [-0.4, -0.2) is 28.4 Å². The van der Waals surface area contributed by atoms with Crippen molar-refractivity contribution in [2.24, 2.45) is 34.5 Å². The second-order valence-electron chi connectivity index (χ2n) is 9.53. The fraction of sp³-hybridized carbons (Fsp3) is 0.773. The lowest BCUT2D eigenvalue weighted by Crippen LogP contribution is -2.52. The summed E-state index contributed by atoms with van der Waals surface area (Å²) in [6.45, 7) is 11.7. The largest absolute Gasteiger partial charge is 0.396 e. The standard InChI is InChI=1S/C22H33NO2S/c1-13-5-6-17-16(12-25)18(7-8-21(13,17)3)22(4)10-20-19(9-15(22)11-24)23-14(2)26-20/h15-18,24-25H,1,5-12H2,2-4H3/t15-,16-,17-,18-,21+,22-/m0/s1. The Balaban J connectivity index is 1.70. The molecule has 26 heavy (non-hydrogen) atoms. The van der Waals surface area contributed by atoms with Gasteiger partial charge in [-0.2, -0.15) is 0 Å². The van der Waals surface area contributed by atoms with Crippen molar-refractivity contribution in [1.82, 2.24) is 4.98 Å². The summed E-state index contributed by atoms with van der Waals surface area (Å²) in [5, 5.41) is 21.8. The Morgan fingerprint density at radius 3 is 2.65 bits per heavy atom. The van der Waals surface area contributed by atoms with E-state index in [1.54, 1.807) is 0 Å². The predicted octanol–water partition coefficient (Wildman–Crippen LogP) is 4.16. The van der Waals surface area contributed by atoms with Crippen molar-refractivity contribution >= 4 is 11.3 Å². The van der Waals surface area contributed by atoms with Crippen LogP contribution in [-0.2, 0) is 12.8 Å². The predicted molar refractivity (Wildman–Crippen MR) is 106 cm³/mol. The minimum Gasteiger partial charge on any atom is -0.396 e. The molecular weight excluding hydrogens is 342 g/mol. The van der Waals surface area contributed by atoms with Crippen molar-refractivity contribution in [3.05, 3.63) is 27.7 Å². The van der Waals surface area contributed by atoms with Gasteiger partial charge in [0.15, 0.2) is 0 Å². The van der Waals surface area contributed by atoms with Crippen LogP contribution in [0.25, 0.3) is 0 Å². The summed E-state index contributed by atoms with van der Waals surface area (Å²) in [7, 11) is 0. The number of rotatable bonds is 3. The van der Waals surface area contributed by atoms with E-state index in [2.05, 4.69) is 27.4 Å². The Morgan fingerprint density at radius 1 is 1.19 bits per heavy atom. The van der Waals surface area contributed by atoms with Crippen LogP contribution < -0.4 is 0 Å². The van der Waals surface area contributed by atoms with Crippen molar-refractivity contribution < 1.29 is 10.2 Å². The van der Waals surface area contributed by atoms with Crippen LogP contribution in [0.2, 0.25) is 0 Å². The molecule has 3 aliphatic rings. The van der Waals surface area contributed by atoms with Crippen molar-refractivity contribution in [3.8, 4) is 0 Å². The molecule has 0 unspecified atom stereocenters. The molecule has 6 atom stereocenters. The number of nitrogens with zero attached hydrogens (tertiary/aromatic N) is 1. The molecule has 144 valence electrons. The van der Waals surface area contributed by atoms with E-state index in [-0.39, 0.29) is 30.0 Å². The zero-order valence-electron chi connectivity index (χ0n) is 16.4. The fourth-order valence-electron chi connectivity index (χ4n) is 6.74. The normalized spacial score (nSPS) is 42.6. The van der Waals surface area contributed by atoms with Gasteiger partial charge in [-0.1, -0.05) is 26.0 Å². The van der Waals surface area contributed by atoms with E-state index in [0.29, 0.717) is 17.8 Å². The SMILES string of the molecule is C=C1CC[C@H]2[C@H](CO)[C@@H]([C@@]3(C)Cc4sc(C)nc4C[C@H]3CO)CC[C@]12C. The first-order valence-electron chi connectivity index (χ1n) is 10.2. The number of thiazole rings is 1. The van der Waals surface area contributed by atoms with Crippen LogP contribution in [0.3, 0.4) is 0 Å². The van der Waals surface area contributed by atoms with Gasteiger partial charge in [0.05, 0.1) is 10.7 Å². The van der Waals surface area contributed by atoms with Crippen LogP contribution >= 0.6 is 11.3 Å². The minimum absolute atomic E-state index is 0.0410. The maximum Gasteiger partial charge on any atom is 0.0900 e. The van der Waals surface area contributed by atoms with Gasteiger partial charge in [-0.05, 0) is 80.0 Å². The zero-order valence-corrected chi connectivity index (χ0v) is 17.2. The summed E-state index contributed by atoms with van der Waals surface area (Å²) in [6.07, 6.45) is 6.49. The lowest BCUT2D eigenvalue weighted by atomic mass is 9.50. The second-order valence-corrected chi connectivity index (χ2v) is 10.8. The van der Waals surface area contributed by atoms with Gasteiger partial charge in [-0.15, -0.1) is 11.3 Å². The Bertz CT molecular complexity index is 713. The summed E-state index contributed by atoms with van der Waals surface area (Å²) >= 11 is 1.83. The third-order valence-corrected chi connectivity index (χ3v) is 9.48. The molecule has 1 aromatic heterocycles. The summed E-state index contributed by atoms with van der Waals surface area (Å²) in [5.74, 6) is 1.57. The number of aryl methyl sites for hydroxylation is 1. The Morgan fingerprint density at radius 2 is 1.96 bits per heavy atom. The smallest absolute Gasteiger partial charge is 0.0900 e. The number of hydrogen-bond donors (Lipinski definition) is 2. The van der Waals surface area contributed by atoms with Crippen LogP contribution in [0.4, 0.5) is 0 Å². The quantitative estimate of drug-likeness (QED) is 0.780. The number of aromatic nitrogens is 1. The molecule has 0 radical (unpaired) electrons. The molecule has 4 rings (SSSR count). The Labute approximate surface area is 161 Å². The first kappa shape index (κ1) is 18.6. The van der Waals surface area contributed by atoms with Crippen LogP contribution in [0.5, 0.6) is 0 Å². The molecule has 2 N–H and O–H groups in total. The molecule has 1 heterocycles. The molecule has 3 nitrogen and oxygen atoms in total. The molecule has 0 amide bonds. The second kappa shape index (κ2) is 6.42. The maximum absolute atomic E-state index is 10.4. The van der Waals surface area contributed by atoms with Crippen LogP contribution in [0.15, 0.2) is 12.2 Å². The van der Waals surface area contributed by atoms with Gasteiger partial charge >= 0.3 is 0 Å². The van der Waals surface area contributed by atoms with Gasteiger partial charge in [0.1, 0.15) is 0 Å². The minimum atomic E-state index is 0.0410. The third-order valence-electron chi connectivity index (χ3n) is 8.47. The van der Waals surface area contributed by atoms with Crippen LogP contribution in [0.1, 0.15) is 55.1 Å². The first-order chi connectivity index (χ1) is 12.3. The number of allylic oxidation sites excluding steroid dienone is 1. The highest BCUT2D eigenvalue weighted by molar-refractivity contribution is 7.11. The van der Waals surface area contributed by atoms with E-state index in [1.165, 1.54) is 29.0 Å². The molecule has 0 bridgehead atoms. The summed E-state index contributed by atoms with van der Waals surface area (Å²) in [4.78, 5) is 6.13. The molecule has 0 aliphatic heterocycles. The highest BCUT2D eigenvalue weighted by atomic mass is 32.1. The number of aliphatic hydroxyl groups excluding tert-OH is 2. The van der Waals surface area contributed by atoms with Gasteiger partial charge in [-0.3, -0.25) is 0 Å². The van der Waals surface area contributed by atoms with Crippen molar-refractivity contribution in [3.63, 3.8) is 0 Å². The van der Waals surface area contributed by atoms with E-state index >= 15 is 0 Å². The molecule has 0 spiro atoms. The average molecular weight is 376 g/mol. The highest BCUT2D eigenvalue weighted by Crippen LogP contribution is 2.63. The molecule has 4 heteroatoms. The van der Waals surface area contributed by atoms with Crippen molar-refractivity contribution in [2.45, 2.75) is 59.3 Å². The molecule has 1 aromatic rings. The van der Waals surface area contributed by atoms with Gasteiger partial charge in [0.2, 0.25) is 0 Å². The van der Waals surface area contributed by atoms with E-state index in [0.717, 1.165) is 30.7 Å². The molecule has 0 saturated heterocycles. The first-order valence-corrected chi connectivity index (χ1v) is 11.0. The number of hydrogen-bond acceptors (Lipinski definition) is 4. The summed E-state index contributed by atoms with van der Waals surface area (Å²) in [5.41, 5.74) is 2.85. The van der Waals surface area contributed by atoms with E-state index in [1.807, 2.05) is 11.3 Å². The van der Waals surface area contributed by atoms with E-state index in [9.17, 15) is 10.2 Å². The zero-order chi connectivity index (χ0) is 18.7. The Hall–Kier alpha value is -0.710. The highest BCUT2D eigenvalue weighted by Gasteiger charge is 2.56. The van der Waals surface area contributed by atoms with Gasteiger partial charge in [-0.25, -0.2) is 4.98 Å². The molecule has 2 fully saturated rings.